The van der Waals surface area contributed by atoms with E-state index in [-0.39, 0.29) is 11.4 Å². The normalized spacial score (nSPS) is 21.6. The van der Waals surface area contributed by atoms with E-state index in [1.165, 1.54) is 12.1 Å². The molecule has 1 heterocycles. The Morgan fingerprint density at radius 1 is 1.38 bits per heavy atom. The van der Waals surface area contributed by atoms with Crippen LogP contribution in [0.1, 0.15) is 12.8 Å². The summed E-state index contributed by atoms with van der Waals surface area (Å²) in [5.41, 5.74) is 0.808. The smallest absolute Gasteiger partial charge is 0.143 e. The molecule has 2 nitrogen and oxygen atoms in total. The minimum absolute atomic E-state index is 0.0326. The lowest BCUT2D eigenvalue weighted by Gasteiger charge is -2.27. The van der Waals surface area contributed by atoms with Crippen LogP contribution in [0.3, 0.4) is 0 Å². The van der Waals surface area contributed by atoms with Crippen LogP contribution < -0.4 is 10.1 Å². The predicted octanol–water partition coefficient (Wildman–Crippen LogP) is 2.16. The van der Waals surface area contributed by atoms with Crippen molar-refractivity contribution in [3.8, 4) is 5.75 Å². The van der Waals surface area contributed by atoms with Crippen molar-refractivity contribution in [3.63, 3.8) is 0 Å². The van der Waals surface area contributed by atoms with Crippen LogP contribution in [0.2, 0.25) is 0 Å². The van der Waals surface area contributed by atoms with Crippen LogP contribution in [0.4, 0.5) is 10.1 Å². The first-order chi connectivity index (χ1) is 6.27. The van der Waals surface area contributed by atoms with E-state index in [9.17, 15) is 4.39 Å². The van der Waals surface area contributed by atoms with Gasteiger partial charge in [0, 0.05) is 6.07 Å². The molecule has 0 radical (unpaired) electrons. The Morgan fingerprint density at radius 2 is 2.23 bits per heavy atom. The van der Waals surface area contributed by atoms with Gasteiger partial charge in [0.05, 0.1) is 12.2 Å². The fourth-order valence-corrected chi connectivity index (χ4v) is 1.67. The van der Waals surface area contributed by atoms with Crippen LogP contribution in [-0.2, 0) is 0 Å². The van der Waals surface area contributed by atoms with Gasteiger partial charge >= 0.3 is 0 Å². The van der Waals surface area contributed by atoms with Gasteiger partial charge in [-0.2, -0.15) is 0 Å². The average molecular weight is 179 g/mol. The number of halogens is 1. The van der Waals surface area contributed by atoms with Gasteiger partial charge in [0.1, 0.15) is 17.2 Å². The van der Waals surface area contributed by atoms with E-state index in [0.29, 0.717) is 0 Å². The fraction of sp³-hybridized carbons (Fsp3) is 0.400. The lowest BCUT2D eigenvalue weighted by atomic mass is 10.2. The Balaban J connectivity index is 2.00. The van der Waals surface area contributed by atoms with Gasteiger partial charge in [-0.25, -0.2) is 4.39 Å². The van der Waals surface area contributed by atoms with E-state index in [0.717, 1.165) is 30.8 Å². The summed E-state index contributed by atoms with van der Waals surface area (Å²) in [5, 5.41) is 3.19. The second-order valence-corrected chi connectivity index (χ2v) is 3.78. The Labute approximate surface area is 75.7 Å². The molecule has 0 saturated heterocycles. The van der Waals surface area contributed by atoms with Crippen molar-refractivity contribution < 1.29 is 9.13 Å². The highest BCUT2D eigenvalue weighted by Gasteiger charge is 2.47. The number of anilines is 1. The van der Waals surface area contributed by atoms with E-state index < -0.39 is 0 Å². The van der Waals surface area contributed by atoms with Crippen molar-refractivity contribution in [2.45, 2.75) is 18.4 Å². The summed E-state index contributed by atoms with van der Waals surface area (Å²) in [6.45, 7) is 0.809. The van der Waals surface area contributed by atoms with E-state index in [4.69, 9.17) is 4.74 Å². The van der Waals surface area contributed by atoms with Crippen molar-refractivity contribution in [2.75, 3.05) is 11.9 Å². The Bertz CT molecular complexity index is 360. The lowest BCUT2D eigenvalue weighted by molar-refractivity contribution is 0.184. The zero-order chi connectivity index (χ0) is 8.89. The minimum Gasteiger partial charge on any atom is -0.483 e. The van der Waals surface area contributed by atoms with Gasteiger partial charge < -0.3 is 10.1 Å². The van der Waals surface area contributed by atoms with Gasteiger partial charge in [-0.3, -0.25) is 0 Å². The molecule has 0 unspecified atom stereocenters. The summed E-state index contributed by atoms with van der Waals surface area (Å²) in [7, 11) is 0. The highest BCUT2D eigenvalue weighted by Crippen LogP contribution is 2.45. The molecule has 1 N–H and O–H groups in total. The topological polar surface area (TPSA) is 21.3 Å². The molecular formula is C10H10FNO. The zero-order valence-electron chi connectivity index (χ0n) is 7.14. The van der Waals surface area contributed by atoms with Crippen LogP contribution in [0.15, 0.2) is 18.2 Å². The van der Waals surface area contributed by atoms with Crippen molar-refractivity contribution in [3.05, 3.63) is 24.0 Å². The predicted molar refractivity (Wildman–Crippen MR) is 47.5 cm³/mol. The number of benzene rings is 1. The molecule has 0 atom stereocenters. The molecule has 68 valence electrons. The maximum absolute atomic E-state index is 12.8. The molecule has 1 aromatic carbocycles. The van der Waals surface area contributed by atoms with E-state index in [1.54, 1.807) is 6.07 Å². The summed E-state index contributed by atoms with van der Waals surface area (Å²) in [4.78, 5) is 0. The fourth-order valence-electron chi connectivity index (χ4n) is 1.67. The Hall–Kier alpha value is -1.25. The third kappa shape index (κ3) is 1.07. The molecule has 3 rings (SSSR count). The van der Waals surface area contributed by atoms with Crippen LogP contribution >= 0.6 is 0 Å². The van der Waals surface area contributed by atoms with Gasteiger partial charge in [-0.15, -0.1) is 0 Å². The molecule has 0 amide bonds. The Morgan fingerprint density at radius 3 is 3.00 bits per heavy atom. The summed E-state index contributed by atoms with van der Waals surface area (Å²) in [6.07, 6.45) is 2.22. The maximum Gasteiger partial charge on any atom is 0.143 e. The van der Waals surface area contributed by atoms with Crippen molar-refractivity contribution in [1.82, 2.24) is 0 Å². The van der Waals surface area contributed by atoms with E-state index >= 15 is 0 Å². The number of ether oxygens (including phenoxy) is 1. The summed E-state index contributed by atoms with van der Waals surface area (Å²) in [6, 6.07) is 4.60. The van der Waals surface area contributed by atoms with Crippen LogP contribution in [0, 0.1) is 5.82 Å². The molecule has 1 saturated carbocycles. The van der Waals surface area contributed by atoms with Crippen LogP contribution in [0.25, 0.3) is 0 Å². The van der Waals surface area contributed by atoms with E-state index in [2.05, 4.69) is 5.32 Å². The largest absolute Gasteiger partial charge is 0.483 e. The van der Waals surface area contributed by atoms with E-state index in [1.807, 2.05) is 0 Å². The maximum atomic E-state index is 12.8. The first-order valence-electron chi connectivity index (χ1n) is 4.50. The second kappa shape index (κ2) is 2.16. The molecule has 3 heteroatoms. The highest BCUT2D eigenvalue weighted by molar-refractivity contribution is 5.59. The molecule has 1 spiro atoms. The van der Waals surface area contributed by atoms with Crippen molar-refractivity contribution in [2.24, 2.45) is 0 Å². The molecule has 0 aromatic heterocycles. The molecule has 1 aliphatic carbocycles. The standard InChI is InChI=1S/C10H10FNO/c11-7-1-2-9-8(5-7)12-6-10(13-9)3-4-10/h1-2,5,12H,3-4,6H2. The zero-order valence-corrected chi connectivity index (χ0v) is 7.14. The Kier molecular flexibility index (Phi) is 1.19. The minimum atomic E-state index is -0.221. The third-order valence-corrected chi connectivity index (χ3v) is 2.68. The number of hydrogen-bond donors (Lipinski definition) is 1. The molecule has 1 aromatic rings. The van der Waals surface area contributed by atoms with Gasteiger partial charge in [-0.05, 0) is 25.0 Å². The van der Waals surface area contributed by atoms with Gasteiger partial charge in [0.2, 0.25) is 0 Å². The summed E-state index contributed by atoms with van der Waals surface area (Å²) in [5.74, 6) is 0.562. The average Bonchev–Trinajstić information content (AvgIpc) is 2.87. The molecular weight excluding hydrogens is 169 g/mol. The quantitative estimate of drug-likeness (QED) is 0.659. The summed E-state index contributed by atoms with van der Waals surface area (Å²) < 4.78 is 18.6. The third-order valence-electron chi connectivity index (χ3n) is 2.68. The first-order valence-corrected chi connectivity index (χ1v) is 4.50. The van der Waals surface area contributed by atoms with Gasteiger partial charge in [0.15, 0.2) is 0 Å². The number of nitrogens with one attached hydrogen (secondary N) is 1. The number of hydrogen-bond acceptors (Lipinski definition) is 2. The van der Waals surface area contributed by atoms with Crippen molar-refractivity contribution in [1.29, 1.82) is 0 Å². The molecule has 1 fully saturated rings. The number of rotatable bonds is 0. The monoisotopic (exact) mass is 179 g/mol. The highest BCUT2D eigenvalue weighted by atomic mass is 19.1. The first kappa shape index (κ1) is 7.18. The summed E-state index contributed by atoms with van der Waals surface area (Å²) >= 11 is 0. The SMILES string of the molecule is Fc1ccc2c(c1)NCC1(CC1)O2. The van der Waals surface area contributed by atoms with Gasteiger partial charge in [0.25, 0.3) is 0 Å². The van der Waals surface area contributed by atoms with Gasteiger partial charge in [-0.1, -0.05) is 0 Å². The molecule has 0 bridgehead atoms. The van der Waals surface area contributed by atoms with Crippen molar-refractivity contribution >= 4 is 5.69 Å². The molecule has 13 heavy (non-hydrogen) atoms. The molecule has 1 aliphatic heterocycles. The van der Waals surface area contributed by atoms with Crippen LogP contribution in [0.5, 0.6) is 5.75 Å². The molecule has 2 aliphatic rings. The second-order valence-electron chi connectivity index (χ2n) is 3.78. The van der Waals surface area contributed by atoms with Crippen LogP contribution in [-0.4, -0.2) is 12.1 Å². The lowest BCUT2D eigenvalue weighted by Crippen LogP contribution is -2.32. The number of fused-ring (bicyclic) bond motifs is 1.